The highest BCUT2D eigenvalue weighted by Crippen LogP contribution is 2.25. The Morgan fingerprint density at radius 2 is 2.04 bits per heavy atom. The van der Waals surface area contributed by atoms with Crippen LogP contribution in [0.5, 0.6) is 5.75 Å². The number of hydrogen-bond donors (Lipinski definition) is 2. The summed E-state index contributed by atoms with van der Waals surface area (Å²) < 4.78 is 5.77. The number of fused-ring (bicyclic) bond motifs is 1. The average Bonchev–Trinajstić information content (AvgIpc) is 2.93. The fourth-order valence-electron chi connectivity index (χ4n) is 2.95. The number of thiophene rings is 1. The maximum absolute atomic E-state index is 12.3. The van der Waals surface area contributed by atoms with E-state index in [-0.39, 0.29) is 24.0 Å². The number of benzene rings is 1. The van der Waals surface area contributed by atoms with Crippen molar-refractivity contribution in [1.82, 2.24) is 15.3 Å². The molecule has 148 valence electrons. The van der Waals surface area contributed by atoms with Crippen LogP contribution in [0, 0.1) is 13.8 Å². The Kier molecular flexibility index (Phi) is 6.14. The maximum Gasteiger partial charge on any atom is 0.259 e. The van der Waals surface area contributed by atoms with Crippen LogP contribution >= 0.6 is 11.3 Å². The molecule has 2 N–H and O–H groups in total. The summed E-state index contributed by atoms with van der Waals surface area (Å²) in [4.78, 5) is 33.7. The van der Waals surface area contributed by atoms with Gasteiger partial charge < -0.3 is 15.0 Å². The van der Waals surface area contributed by atoms with Crippen molar-refractivity contribution in [3.63, 3.8) is 0 Å². The first-order valence-corrected chi connectivity index (χ1v) is 10.2. The first-order valence-electron chi connectivity index (χ1n) is 9.35. The van der Waals surface area contributed by atoms with E-state index in [9.17, 15) is 9.59 Å². The number of aryl methyl sites for hydroxylation is 3. The third-order valence-electron chi connectivity index (χ3n) is 4.49. The maximum atomic E-state index is 12.3. The minimum atomic E-state index is -0.137. The molecule has 1 aromatic carbocycles. The van der Waals surface area contributed by atoms with Crippen molar-refractivity contribution < 1.29 is 9.53 Å². The van der Waals surface area contributed by atoms with Crippen LogP contribution in [0.4, 0.5) is 0 Å². The highest BCUT2D eigenvalue weighted by Gasteiger charge is 2.13. The molecule has 0 spiro atoms. The number of H-pyrrole nitrogens is 1. The molecule has 0 saturated carbocycles. The molecule has 7 heteroatoms. The molecule has 0 aliphatic rings. The van der Waals surface area contributed by atoms with Crippen molar-refractivity contribution in [2.75, 3.05) is 0 Å². The molecule has 0 atom stereocenters. The normalized spacial score (nSPS) is 11.2. The van der Waals surface area contributed by atoms with E-state index < -0.39 is 0 Å². The van der Waals surface area contributed by atoms with Crippen molar-refractivity contribution in [3.05, 3.63) is 56.4 Å². The summed E-state index contributed by atoms with van der Waals surface area (Å²) in [6.45, 7) is 8.25. The SMILES string of the molecule is Cc1sc2nc(CCC(=O)NCc3ccccc3OC(C)C)[nH]c(=O)c2c1C. The Morgan fingerprint density at radius 1 is 1.29 bits per heavy atom. The lowest BCUT2D eigenvalue weighted by atomic mass is 10.2. The van der Waals surface area contributed by atoms with Crippen LogP contribution in [-0.2, 0) is 17.8 Å². The van der Waals surface area contributed by atoms with E-state index in [0.29, 0.717) is 24.2 Å². The molecule has 1 amide bonds. The molecule has 6 nitrogen and oxygen atoms in total. The average molecular weight is 400 g/mol. The standard InChI is InChI=1S/C21H25N3O3S/c1-12(2)27-16-8-6-5-7-15(16)11-22-18(25)10-9-17-23-20(26)19-13(3)14(4)28-21(19)24-17/h5-8,12H,9-11H2,1-4H3,(H,22,25)(H,23,24,26). The highest BCUT2D eigenvalue weighted by atomic mass is 32.1. The Morgan fingerprint density at radius 3 is 2.79 bits per heavy atom. The third-order valence-corrected chi connectivity index (χ3v) is 5.59. The second-order valence-electron chi connectivity index (χ2n) is 7.03. The van der Waals surface area contributed by atoms with Crippen LogP contribution < -0.4 is 15.6 Å². The summed E-state index contributed by atoms with van der Waals surface area (Å²) in [5.74, 6) is 1.22. The zero-order valence-corrected chi connectivity index (χ0v) is 17.4. The van der Waals surface area contributed by atoms with Crippen LogP contribution in [0.25, 0.3) is 10.2 Å². The van der Waals surface area contributed by atoms with Gasteiger partial charge in [-0.2, -0.15) is 0 Å². The van der Waals surface area contributed by atoms with E-state index in [0.717, 1.165) is 26.6 Å². The number of amides is 1. The van der Waals surface area contributed by atoms with Gasteiger partial charge in [0, 0.05) is 29.8 Å². The van der Waals surface area contributed by atoms with Crippen LogP contribution in [0.1, 0.15) is 42.1 Å². The second-order valence-corrected chi connectivity index (χ2v) is 8.23. The van der Waals surface area contributed by atoms with Crippen LogP contribution in [0.2, 0.25) is 0 Å². The van der Waals surface area contributed by atoms with Crippen LogP contribution in [0.15, 0.2) is 29.1 Å². The highest BCUT2D eigenvalue weighted by molar-refractivity contribution is 7.18. The van der Waals surface area contributed by atoms with E-state index in [2.05, 4.69) is 15.3 Å². The van der Waals surface area contributed by atoms with Crippen molar-refractivity contribution >= 4 is 27.5 Å². The Balaban J connectivity index is 1.61. The molecule has 0 aliphatic heterocycles. The molecule has 0 fully saturated rings. The van der Waals surface area contributed by atoms with Gasteiger partial charge in [0.15, 0.2) is 0 Å². The number of ether oxygens (including phenoxy) is 1. The molecule has 28 heavy (non-hydrogen) atoms. The second kappa shape index (κ2) is 8.56. The largest absolute Gasteiger partial charge is 0.491 e. The van der Waals surface area contributed by atoms with Crippen molar-refractivity contribution in [1.29, 1.82) is 0 Å². The number of nitrogens with one attached hydrogen (secondary N) is 2. The minimum absolute atomic E-state index is 0.0687. The van der Waals surface area contributed by atoms with Crippen molar-refractivity contribution in [3.8, 4) is 5.75 Å². The van der Waals surface area contributed by atoms with Gasteiger partial charge in [0.05, 0.1) is 11.5 Å². The minimum Gasteiger partial charge on any atom is -0.491 e. The Bertz CT molecular complexity index is 1050. The molecule has 0 saturated heterocycles. The van der Waals surface area contributed by atoms with Gasteiger partial charge in [0.1, 0.15) is 16.4 Å². The fraction of sp³-hybridized carbons (Fsp3) is 0.381. The lowest BCUT2D eigenvalue weighted by Gasteiger charge is -2.14. The number of aromatic amines is 1. The summed E-state index contributed by atoms with van der Waals surface area (Å²) in [6.07, 6.45) is 0.710. The number of carbonyl (C=O) groups excluding carboxylic acids is 1. The van der Waals surface area contributed by atoms with E-state index in [1.54, 1.807) is 0 Å². The van der Waals surface area contributed by atoms with Gasteiger partial charge in [-0.1, -0.05) is 18.2 Å². The topological polar surface area (TPSA) is 84.1 Å². The summed E-state index contributed by atoms with van der Waals surface area (Å²) >= 11 is 1.51. The van der Waals surface area contributed by atoms with Crippen molar-refractivity contribution in [2.45, 2.75) is 53.2 Å². The van der Waals surface area contributed by atoms with Gasteiger partial charge in [-0.25, -0.2) is 4.98 Å². The summed E-state index contributed by atoms with van der Waals surface area (Å²) in [7, 11) is 0. The van der Waals surface area contributed by atoms with Gasteiger partial charge in [-0.3, -0.25) is 9.59 Å². The smallest absolute Gasteiger partial charge is 0.259 e. The summed E-state index contributed by atoms with van der Waals surface area (Å²) in [5.41, 5.74) is 1.77. The lowest BCUT2D eigenvalue weighted by Crippen LogP contribution is -2.24. The van der Waals surface area contributed by atoms with Crippen LogP contribution in [-0.4, -0.2) is 22.0 Å². The number of nitrogens with zero attached hydrogens (tertiary/aromatic N) is 1. The Labute approximate surface area is 168 Å². The quantitative estimate of drug-likeness (QED) is 0.635. The van der Waals surface area contributed by atoms with Gasteiger partial charge >= 0.3 is 0 Å². The number of rotatable bonds is 7. The monoisotopic (exact) mass is 399 g/mol. The molecular weight excluding hydrogens is 374 g/mol. The first-order chi connectivity index (χ1) is 13.3. The molecule has 2 heterocycles. The van der Waals surface area contributed by atoms with Gasteiger partial charge in [-0.15, -0.1) is 11.3 Å². The number of para-hydroxylation sites is 1. The molecule has 0 aliphatic carbocycles. The zero-order valence-electron chi connectivity index (χ0n) is 16.6. The summed E-state index contributed by atoms with van der Waals surface area (Å²) in [5, 5.41) is 3.56. The predicted molar refractivity (Wildman–Crippen MR) is 112 cm³/mol. The first kappa shape index (κ1) is 20.1. The van der Waals surface area contributed by atoms with Gasteiger partial charge in [-0.05, 0) is 39.3 Å². The third kappa shape index (κ3) is 4.59. The molecule has 0 unspecified atom stereocenters. The predicted octanol–water partition coefficient (Wildman–Crippen LogP) is 3.64. The van der Waals surface area contributed by atoms with E-state index >= 15 is 0 Å². The number of hydrogen-bond acceptors (Lipinski definition) is 5. The Hall–Kier alpha value is -2.67. The number of aromatic nitrogens is 2. The van der Waals surface area contributed by atoms with E-state index in [1.165, 1.54) is 11.3 Å². The van der Waals surface area contributed by atoms with Crippen molar-refractivity contribution in [2.24, 2.45) is 0 Å². The zero-order chi connectivity index (χ0) is 20.3. The molecule has 0 radical (unpaired) electrons. The van der Waals surface area contributed by atoms with Gasteiger partial charge in [0.25, 0.3) is 5.56 Å². The number of carbonyl (C=O) groups is 1. The molecule has 3 rings (SSSR count). The van der Waals surface area contributed by atoms with Gasteiger partial charge in [0.2, 0.25) is 5.91 Å². The molecular formula is C21H25N3O3S. The van der Waals surface area contributed by atoms with E-state index in [1.807, 2.05) is 52.0 Å². The molecule has 2 aromatic heterocycles. The fourth-order valence-corrected chi connectivity index (χ4v) is 4.00. The van der Waals surface area contributed by atoms with E-state index in [4.69, 9.17) is 4.74 Å². The molecule has 3 aromatic rings. The lowest BCUT2D eigenvalue weighted by molar-refractivity contribution is -0.121. The summed E-state index contributed by atoms with van der Waals surface area (Å²) in [6, 6.07) is 7.67. The van der Waals surface area contributed by atoms with Crippen LogP contribution in [0.3, 0.4) is 0 Å². The molecule has 0 bridgehead atoms.